The van der Waals surface area contributed by atoms with E-state index in [2.05, 4.69) is 0 Å². The Morgan fingerprint density at radius 2 is 1.92 bits per heavy atom. The van der Waals surface area contributed by atoms with Crippen LogP contribution in [0.3, 0.4) is 0 Å². The molecule has 0 amide bonds. The van der Waals surface area contributed by atoms with Crippen LogP contribution < -0.4 is 14.8 Å². The Hall–Kier alpha value is -2.65. The third-order valence-electron chi connectivity index (χ3n) is 4.52. The van der Waals surface area contributed by atoms with E-state index in [1.807, 2.05) is 29.2 Å². The average Bonchev–Trinajstić information content (AvgIpc) is 3.10. The number of benzene rings is 2. The number of nitro groups is 1. The number of anilines is 1. The van der Waals surface area contributed by atoms with E-state index in [9.17, 15) is 18.5 Å². The summed E-state index contributed by atoms with van der Waals surface area (Å²) in [5, 5.41) is 16.3. The fourth-order valence-corrected chi connectivity index (χ4v) is 4.07. The van der Waals surface area contributed by atoms with Crippen molar-refractivity contribution in [1.29, 1.82) is 0 Å². The number of hydrogen-bond acceptors (Lipinski definition) is 6. The largest absolute Gasteiger partial charge is 0.497 e. The van der Waals surface area contributed by atoms with Crippen LogP contribution in [0.25, 0.3) is 0 Å². The summed E-state index contributed by atoms with van der Waals surface area (Å²) in [6, 6.07) is 11.3. The third kappa shape index (κ3) is 3.49. The number of nitrogens with two attached hydrogens (primary N) is 1. The van der Waals surface area contributed by atoms with E-state index in [1.165, 1.54) is 12.1 Å². The molecule has 0 aliphatic carbocycles. The number of methoxy groups -OCH3 is 1. The second-order valence-electron chi connectivity index (χ2n) is 6.08. The monoisotopic (exact) mass is 377 g/mol. The van der Waals surface area contributed by atoms with Gasteiger partial charge in [0.15, 0.2) is 0 Å². The van der Waals surface area contributed by atoms with Crippen LogP contribution in [-0.2, 0) is 10.0 Å². The molecule has 0 aromatic heterocycles. The lowest BCUT2D eigenvalue weighted by molar-refractivity contribution is -0.385. The number of nitro benzene ring substituents is 1. The zero-order valence-electron chi connectivity index (χ0n) is 14.2. The molecule has 2 aromatic rings. The number of sulfonamides is 1. The minimum absolute atomic E-state index is 0.0390. The van der Waals surface area contributed by atoms with Gasteiger partial charge in [0, 0.05) is 18.7 Å². The number of primary sulfonamides is 1. The van der Waals surface area contributed by atoms with E-state index in [0.29, 0.717) is 12.2 Å². The molecule has 26 heavy (non-hydrogen) atoms. The summed E-state index contributed by atoms with van der Waals surface area (Å²) in [6.07, 6.45) is 1.71. The Balaban J connectivity index is 2.05. The standard InChI is InChI=1S/C17H19N3O5S/c1-25-14-7-4-12(5-8-14)15-3-2-10-19(15)16-9-6-13(20(21)22)11-17(16)26(18,23)24/h4-9,11,15H,2-3,10H2,1H3,(H2,18,23,24). The predicted octanol–water partition coefficient (Wildman–Crippen LogP) is 2.59. The van der Waals surface area contributed by atoms with Crippen molar-refractivity contribution in [3.8, 4) is 5.75 Å². The second kappa shape index (κ2) is 6.93. The molecule has 3 rings (SSSR count). The zero-order valence-corrected chi connectivity index (χ0v) is 15.0. The van der Waals surface area contributed by atoms with E-state index in [-0.39, 0.29) is 16.6 Å². The maximum atomic E-state index is 12.0. The fraction of sp³-hybridized carbons (Fsp3) is 0.294. The first kappa shape index (κ1) is 18.2. The molecule has 1 atom stereocenters. The van der Waals surface area contributed by atoms with Gasteiger partial charge in [0.2, 0.25) is 10.0 Å². The van der Waals surface area contributed by atoms with Crippen molar-refractivity contribution in [2.75, 3.05) is 18.6 Å². The van der Waals surface area contributed by atoms with Crippen molar-refractivity contribution in [3.05, 3.63) is 58.1 Å². The van der Waals surface area contributed by atoms with Crippen LogP contribution in [-0.4, -0.2) is 27.0 Å². The van der Waals surface area contributed by atoms with Crippen LogP contribution in [0.2, 0.25) is 0 Å². The fourth-order valence-electron chi connectivity index (χ4n) is 3.31. The summed E-state index contributed by atoms with van der Waals surface area (Å²) in [5.74, 6) is 0.735. The Bertz CT molecular complexity index is 928. The molecule has 0 radical (unpaired) electrons. The lowest BCUT2D eigenvalue weighted by Gasteiger charge is -2.28. The molecule has 1 saturated heterocycles. The summed E-state index contributed by atoms with van der Waals surface area (Å²) >= 11 is 0. The highest BCUT2D eigenvalue weighted by Gasteiger charge is 2.31. The van der Waals surface area contributed by atoms with Gasteiger partial charge >= 0.3 is 0 Å². The molecule has 0 bridgehead atoms. The summed E-state index contributed by atoms with van der Waals surface area (Å²) in [6.45, 7) is 0.636. The SMILES string of the molecule is COc1ccc(C2CCCN2c2ccc([N+](=O)[O-])cc2S(N)(=O)=O)cc1. The number of nitrogens with zero attached hydrogens (tertiary/aromatic N) is 2. The topological polar surface area (TPSA) is 116 Å². The van der Waals surface area contributed by atoms with E-state index in [1.54, 1.807) is 7.11 Å². The lowest BCUT2D eigenvalue weighted by atomic mass is 10.0. The van der Waals surface area contributed by atoms with Gasteiger partial charge in [0.1, 0.15) is 10.6 Å². The van der Waals surface area contributed by atoms with Crippen LogP contribution in [0, 0.1) is 10.1 Å². The number of hydrogen-bond donors (Lipinski definition) is 1. The van der Waals surface area contributed by atoms with Gasteiger partial charge in [-0.2, -0.15) is 0 Å². The third-order valence-corrected chi connectivity index (χ3v) is 5.46. The molecule has 1 unspecified atom stereocenters. The first-order valence-electron chi connectivity index (χ1n) is 8.03. The first-order valence-corrected chi connectivity index (χ1v) is 9.57. The van der Waals surface area contributed by atoms with Crippen molar-refractivity contribution < 1.29 is 18.1 Å². The Morgan fingerprint density at radius 3 is 2.50 bits per heavy atom. The van der Waals surface area contributed by atoms with Crippen molar-refractivity contribution in [2.24, 2.45) is 5.14 Å². The van der Waals surface area contributed by atoms with Gasteiger partial charge in [-0.1, -0.05) is 12.1 Å². The maximum Gasteiger partial charge on any atom is 0.270 e. The Kier molecular flexibility index (Phi) is 4.84. The highest BCUT2D eigenvalue weighted by molar-refractivity contribution is 7.89. The lowest BCUT2D eigenvalue weighted by Crippen LogP contribution is -2.26. The van der Waals surface area contributed by atoms with Gasteiger partial charge < -0.3 is 9.64 Å². The van der Waals surface area contributed by atoms with E-state index < -0.39 is 14.9 Å². The minimum Gasteiger partial charge on any atom is -0.497 e. The normalized spacial score (nSPS) is 17.3. The first-order chi connectivity index (χ1) is 12.3. The smallest absolute Gasteiger partial charge is 0.270 e. The maximum absolute atomic E-state index is 12.0. The van der Waals surface area contributed by atoms with Crippen molar-refractivity contribution in [1.82, 2.24) is 0 Å². The molecule has 0 saturated carbocycles. The number of ether oxygens (including phenoxy) is 1. The van der Waals surface area contributed by atoms with E-state index in [0.717, 1.165) is 30.2 Å². The van der Waals surface area contributed by atoms with Gasteiger partial charge in [-0.05, 0) is 36.6 Å². The summed E-state index contributed by atoms with van der Waals surface area (Å²) < 4.78 is 29.2. The van der Waals surface area contributed by atoms with Gasteiger partial charge in [0.25, 0.3) is 5.69 Å². The van der Waals surface area contributed by atoms with Crippen LogP contribution in [0.1, 0.15) is 24.4 Å². The molecule has 2 N–H and O–H groups in total. The van der Waals surface area contributed by atoms with Crippen LogP contribution >= 0.6 is 0 Å². The van der Waals surface area contributed by atoms with Gasteiger partial charge in [-0.25, -0.2) is 13.6 Å². The molecule has 1 aliphatic heterocycles. The van der Waals surface area contributed by atoms with Crippen molar-refractivity contribution >= 4 is 21.4 Å². The van der Waals surface area contributed by atoms with Crippen molar-refractivity contribution in [3.63, 3.8) is 0 Å². The zero-order chi connectivity index (χ0) is 18.9. The van der Waals surface area contributed by atoms with Gasteiger partial charge in [-0.15, -0.1) is 0 Å². The average molecular weight is 377 g/mol. The number of non-ortho nitro benzene ring substituents is 1. The minimum atomic E-state index is -4.11. The summed E-state index contributed by atoms with van der Waals surface area (Å²) in [7, 11) is -2.52. The number of rotatable bonds is 5. The van der Waals surface area contributed by atoms with Gasteiger partial charge in [-0.3, -0.25) is 10.1 Å². The highest BCUT2D eigenvalue weighted by Crippen LogP contribution is 2.40. The molecule has 2 aromatic carbocycles. The molecule has 0 spiro atoms. The summed E-state index contributed by atoms with van der Waals surface area (Å²) in [4.78, 5) is 12.1. The van der Waals surface area contributed by atoms with E-state index in [4.69, 9.17) is 9.88 Å². The molecular formula is C17H19N3O5S. The molecule has 1 aliphatic rings. The Labute approximate surface area is 151 Å². The molecule has 9 heteroatoms. The van der Waals surface area contributed by atoms with E-state index >= 15 is 0 Å². The highest BCUT2D eigenvalue weighted by atomic mass is 32.2. The van der Waals surface area contributed by atoms with Crippen molar-refractivity contribution in [2.45, 2.75) is 23.8 Å². The Morgan fingerprint density at radius 1 is 1.23 bits per heavy atom. The van der Waals surface area contributed by atoms with Crippen LogP contribution in [0.4, 0.5) is 11.4 Å². The molecule has 138 valence electrons. The van der Waals surface area contributed by atoms with Crippen LogP contribution in [0.5, 0.6) is 5.75 Å². The quantitative estimate of drug-likeness (QED) is 0.632. The molecule has 1 heterocycles. The molecular weight excluding hydrogens is 358 g/mol. The summed E-state index contributed by atoms with van der Waals surface area (Å²) in [5.41, 5.74) is 1.09. The van der Waals surface area contributed by atoms with Gasteiger partial charge in [0.05, 0.1) is 23.8 Å². The molecule has 8 nitrogen and oxygen atoms in total. The predicted molar refractivity (Wildman–Crippen MR) is 96.8 cm³/mol. The molecule has 1 fully saturated rings. The second-order valence-corrected chi connectivity index (χ2v) is 7.61. The van der Waals surface area contributed by atoms with Crippen LogP contribution in [0.15, 0.2) is 47.4 Å².